The quantitative estimate of drug-likeness (QED) is 0.743. The fourth-order valence-electron chi connectivity index (χ4n) is 1.85. The molecule has 3 aromatic rings. The molecule has 0 aliphatic carbocycles. The molecule has 20 heavy (non-hydrogen) atoms. The van der Waals surface area contributed by atoms with Gasteiger partial charge in [-0.15, -0.1) is 10.2 Å². The van der Waals surface area contributed by atoms with E-state index in [0.29, 0.717) is 6.54 Å². The van der Waals surface area contributed by atoms with Crippen LogP contribution in [0.25, 0.3) is 10.9 Å². The van der Waals surface area contributed by atoms with Gasteiger partial charge in [0.05, 0.1) is 5.52 Å². The molecule has 0 saturated carbocycles. The molecule has 0 atom stereocenters. The number of fused-ring (bicyclic) bond motifs is 1. The summed E-state index contributed by atoms with van der Waals surface area (Å²) in [6.45, 7) is 0.503. The Balaban J connectivity index is 1.99. The van der Waals surface area contributed by atoms with Crippen molar-refractivity contribution >= 4 is 45.8 Å². The van der Waals surface area contributed by atoms with Crippen LogP contribution in [0.1, 0.15) is 5.56 Å². The van der Waals surface area contributed by atoms with Gasteiger partial charge in [-0.25, -0.2) is 4.98 Å². The van der Waals surface area contributed by atoms with E-state index in [4.69, 9.17) is 5.73 Å². The molecular weight excluding hydrogens is 308 g/mol. The van der Waals surface area contributed by atoms with Crippen molar-refractivity contribution in [3.05, 3.63) is 35.9 Å². The lowest BCUT2D eigenvalue weighted by Gasteiger charge is -2.06. The fraction of sp³-hybridized carbons (Fsp3) is 0.154. The molecule has 0 saturated heterocycles. The maximum atomic E-state index is 5.84. The van der Waals surface area contributed by atoms with Crippen molar-refractivity contribution in [1.29, 1.82) is 0 Å². The first-order chi connectivity index (χ1) is 9.80. The Bertz CT molecular complexity index is 741. The maximum Gasteiger partial charge on any atom is 0.181 e. The average Bonchev–Trinajstić information content (AvgIpc) is 2.94. The molecule has 7 heteroatoms. The molecule has 4 nitrogen and oxygen atoms in total. The van der Waals surface area contributed by atoms with Gasteiger partial charge in [-0.3, -0.25) is 0 Å². The molecule has 102 valence electrons. The Labute approximate surface area is 129 Å². The molecule has 3 rings (SSSR count). The molecule has 2 N–H and O–H groups in total. The Morgan fingerprint density at radius 3 is 2.75 bits per heavy atom. The highest BCUT2D eigenvalue weighted by atomic mass is 32.2. The van der Waals surface area contributed by atoms with Crippen molar-refractivity contribution in [2.24, 2.45) is 5.73 Å². The highest BCUT2D eigenvalue weighted by Crippen LogP contribution is 2.33. The van der Waals surface area contributed by atoms with Gasteiger partial charge in [0, 0.05) is 11.9 Å². The molecule has 0 aliphatic rings. The van der Waals surface area contributed by atoms with Crippen LogP contribution >= 0.6 is 34.9 Å². The summed E-state index contributed by atoms with van der Waals surface area (Å²) in [6, 6.07) is 10.1. The molecule has 0 fully saturated rings. The summed E-state index contributed by atoms with van der Waals surface area (Å²) in [4.78, 5) is 4.65. The number of rotatable bonds is 4. The minimum atomic E-state index is 0.503. The van der Waals surface area contributed by atoms with Crippen LogP contribution in [0.3, 0.4) is 0 Å². The van der Waals surface area contributed by atoms with Crippen molar-refractivity contribution in [1.82, 2.24) is 15.2 Å². The van der Waals surface area contributed by atoms with Gasteiger partial charge in [-0.2, -0.15) is 0 Å². The molecule has 0 aliphatic heterocycles. The average molecular weight is 320 g/mol. The van der Waals surface area contributed by atoms with E-state index >= 15 is 0 Å². The van der Waals surface area contributed by atoms with Crippen LogP contribution in [0.15, 0.2) is 44.0 Å². The van der Waals surface area contributed by atoms with Gasteiger partial charge in [0.25, 0.3) is 0 Å². The first-order valence-corrected chi connectivity index (χ1v) is 8.80. The van der Waals surface area contributed by atoms with Crippen LogP contribution in [-0.4, -0.2) is 21.4 Å². The van der Waals surface area contributed by atoms with Crippen LogP contribution in [0, 0.1) is 0 Å². The van der Waals surface area contributed by atoms with Gasteiger partial charge in [0.2, 0.25) is 0 Å². The zero-order valence-corrected chi connectivity index (χ0v) is 13.2. The summed E-state index contributed by atoms with van der Waals surface area (Å²) in [7, 11) is 0. The molecule has 2 heterocycles. The summed E-state index contributed by atoms with van der Waals surface area (Å²) in [6.07, 6.45) is 2.00. The Hall–Kier alpha value is -1.15. The van der Waals surface area contributed by atoms with Gasteiger partial charge in [0.15, 0.2) is 8.68 Å². The Morgan fingerprint density at radius 2 is 2.00 bits per heavy atom. The van der Waals surface area contributed by atoms with Crippen LogP contribution in [0.4, 0.5) is 0 Å². The fourth-order valence-corrected chi connectivity index (χ4v) is 4.28. The van der Waals surface area contributed by atoms with Gasteiger partial charge < -0.3 is 5.73 Å². The second-order valence-corrected chi connectivity index (χ2v) is 7.28. The van der Waals surface area contributed by atoms with E-state index in [1.54, 1.807) is 23.1 Å². The second-order valence-electron chi connectivity index (χ2n) is 3.98. The van der Waals surface area contributed by atoms with E-state index in [-0.39, 0.29) is 0 Å². The van der Waals surface area contributed by atoms with Gasteiger partial charge in [-0.05, 0) is 35.7 Å². The van der Waals surface area contributed by atoms with Crippen molar-refractivity contribution in [3.63, 3.8) is 0 Å². The zero-order chi connectivity index (χ0) is 13.9. The predicted molar refractivity (Wildman–Crippen MR) is 85.4 cm³/mol. The van der Waals surface area contributed by atoms with Gasteiger partial charge in [-0.1, -0.05) is 41.3 Å². The van der Waals surface area contributed by atoms with Gasteiger partial charge >= 0.3 is 0 Å². The minimum absolute atomic E-state index is 0.503. The molecule has 1 aromatic carbocycles. The van der Waals surface area contributed by atoms with Crippen LogP contribution in [0.5, 0.6) is 0 Å². The number of thioether (sulfide) groups is 1. The SMILES string of the molecule is CSc1nnc(Sc2cc(CN)c3ccccc3n2)s1. The third-order valence-corrected chi connectivity index (χ3v) is 5.62. The topological polar surface area (TPSA) is 64.7 Å². The number of nitrogens with zero attached hydrogens (tertiary/aromatic N) is 3. The molecule has 2 aromatic heterocycles. The summed E-state index contributed by atoms with van der Waals surface area (Å²) in [5.41, 5.74) is 7.91. The number of hydrogen-bond donors (Lipinski definition) is 1. The third kappa shape index (κ3) is 2.80. The maximum absolute atomic E-state index is 5.84. The van der Waals surface area contributed by atoms with E-state index in [0.717, 1.165) is 30.2 Å². The summed E-state index contributed by atoms with van der Waals surface area (Å²) in [5.74, 6) is 0. The monoisotopic (exact) mass is 320 g/mol. The van der Waals surface area contributed by atoms with Crippen LogP contribution in [0.2, 0.25) is 0 Å². The smallest absolute Gasteiger partial charge is 0.181 e. The number of nitrogens with two attached hydrogens (primary N) is 1. The lowest BCUT2D eigenvalue weighted by Crippen LogP contribution is -1.99. The number of aromatic nitrogens is 3. The van der Waals surface area contributed by atoms with E-state index in [9.17, 15) is 0 Å². The van der Waals surface area contributed by atoms with E-state index in [1.807, 2.05) is 30.5 Å². The van der Waals surface area contributed by atoms with E-state index in [2.05, 4.69) is 21.2 Å². The minimum Gasteiger partial charge on any atom is -0.326 e. The molecule has 0 bridgehead atoms. The standard InChI is InChI=1S/C13H12N4S3/c1-18-12-16-17-13(20-12)19-11-6-8(7-14)9-4-2-3-5-10(9)15-11/h2-6H,7,14H2,1H3. The predicted octanol–water partition coefficient (Wildman–Crippen LogP) is 3.42. The first-order valence-electron chi connectivity index (χ1n) is 5.94. The number of hydrogen-bond acceptors (Lipinski definition) is 7. The Morgan fingerprint density at radius 1 is 1.20 bits per heavy atom. The van der Waals surface area contributed by atoms with Crippen LogP contribution < -0.4 is 5.73 Å². The second kappa shape index (κ2) is 6.09. The molecule has 0 spiro atoms. The highest BCUT2D eigenvalue weighted by molar-refractivity contribution is 8.02. The summed E-state index contributed by atoms with van der Waals surface area (Å²) >= 11 is 4.71. The molecular formula is C13H12N4S3. The number of benzene rings is 1. The highest BCUT2D eigenvalue weighted by Gasteiger charge is 2.09. The molecule has 0 amide bonds. The lowest BCUT2D eigenvalue weighted by atomic mass is 10.1. The molecule has 0 unspecified atom stereocenters. The summed E-state index contributed by atoms with van der Waals surface area (Å²) in [5, 5.41) is 10.3. The van der Waals surface area contributed by atoms with Crippen molar-refractivity contribution in [2.75, 3.05) is 6.26 Å². The summed E-state index contributed by atoms with van der Waals surface area (Å²) < 4.78 is 1.87. The zero-order valence-electron chi connectivity index (χ0n) is 10.7. The van der Waals surface area contributed by atoms with Crippen molar-refractivity contribution in [2.45, 2.75) is 20.3 Å². The van der Waals surface area contributed by atoms with E-state index < -0.39 is 0 Å². The number of para-hydroxylation sites is 1. The normalized spacial score (nSPS) is 11.1. The van der Waals surface area contributed by atoms with Crippen molar-refractivity contribution in [3.8, 4) is 0 Å². The molecule has 0 radical (unpaired) electrons. The Kier molecular flexibility index (Phi) is 4.21. The third-order valence-electron chi connectivity index (χ3n) is 2.75. The van der Waals surface area contributed by atoms with Crippen LogP contribution in [-0.2, 0) is 6.54 Å². The lowest BCUT2D eigenvalue weighted by molar-refractivity contribution is 0.953. The largest absolute Gasteiger partial charge is 0.326 e. The van der Waals surface area contributed by atoms with Gasteiger partial charge in [0.1, 0.15) is 5.03 Å². The number of pyridine rings is 1. The van der Waals surface area contributed by atoms with E-state index in [1.165, 1.54) is 11.8 Å². The van der Waals surface area contributed by atoms with Crippen molar-refractivity contribution < 1.29 is 0 Å². The first kappa shape index (κ1) is 13.8.